The molecule has 0 unspecified atom stereocenters. The highest BCUT2D eigenvalue weighted by molar-refractivity contribution is 5.93. The Morgan fingerprint density at radius 3 is 3.08 bits per heavy atom. The summed E-state index contributed by atoms with van der Waals surface area (Å²) in [7, 11) is 0. The van der Waals surface area contributed by atoms with E-state index < -0.39 is 0 Å². The highest BCUT2D eigenvalue weighted by atomic mass is 16.1. The number of rotatable bonds is 2. The van der Waals surface area contributed by atoms with Crippen molar-refractivity contribution in [2.45, 2.75) is 39.0 Å². The van der Waals surface area contributed by atoms with E-state index in [1.54, 1.807) is 0 Å². The summed E-state index contributed by atoms with van der Waals surface area (Å²) >= 11 is 0. The lowest BCUT2D eigenvalue weighted by molar-refractivity contribution is -0.138. The van der Waals surface area contributed by atoms with Crippen molar-refractivity contribution in [2.75, 3.05) is 0 Å². The van der Waals surface area contributed by atoms with Gasteiger partial charge in [0.2, 0.25) is 0 Å². The molecule has 2 rings (SSSR count). The molecule has 2 aliphatic rings. The Kier molecular flexibility index (Phi) is 1.82. The monoisotopic (exact) mass is 164 g/mol. The first-order valence-electron chi connectivity index (χ1n) is 5.00. The lowest BCUT2D eigenvalue weighted by Gasteiger charge is -2.40. The van der Waals surface area contributed by atoms with Gasteiger partial charge >= 0.3 is 0 Å². The zero-order chi connectivity index (χ0) is 8.60. The molecule has 1 nitrogen and oxygen atoms in total. The molecule has 0 bridgehead atoms. The Morgan fingerprint density at radius 1 is 1.67 bits per heavy atom. The van der Waals surface area contributed by atoms with Gasteiger partial charge in [-0.2, -0.15) is 0 Å². The van der Waals surface area contributed by atoms with E-state index in [4.69, 9.17) is 0 Å². The molecule has 0 heterocycles. The van der Waals surface area contributed by atoms with Crippen LogP contribution in [-0.2, 0) is 4.79 Å². The van der Waals surface area contributed by atoms with Crippen LogP contribution in [0, 0.1) is 11.3 Å². The molecule has 2 saturated carbocycles. The van der Waals surface area contributed by atoms with Crippen LogP contribution in [0.3, 0.4) is 0 Å². The Hall–Kier alpha value is -0.590. The molecular formula is C11H16O. The Morgan fingerprint density at radius 2 is 2.50 bits per heavy atom. The number of carbonyl (C=O) groups is 1. The molecule has 0 aromatic heterocycles. The highest BCUT2D eigenvalue weighted by Gasteiger charge is 2.54. The van der Waals surface area contributed by atoms with Crippen LogP contribution >= 0.6 is 0 Å². The molecule has 0 aromatic carbocycles. The normalized spacial score (nSPS) is 40.1. The minimum absolute atomic E-state index is 0.0238. The Bertz CT molecular complexity index is 229. The van der Waals surface area contributed by atoms with E-state index in [9.17, 15) is 4.79 Å². The van der Waals surface area contributed by atoms with Crippen molar-refractivity contribution in [1.82, 2.24) is 0 Å². The van der Waals surface area contributed by atoms with Crippen molar-refractivity contribution >= 4 is 5.78 Å². The number of carbonyl (C=O) groups excluding carboxylic acids is 1. The molecule has 2 aliphatic carbocycles. The minimum Gasteiger partial charge on any atom is -0.299 e. The van der Waals surface area contributed by atoms with Crippen molar-refractivity contribution in [2.24, 2.45) is 11.3 Å². The van der Waals surface area contributed by atoms with Crippen molar-refractivity contribution < 1.29 is 4.79 Å². The van der Waals surface area contributed by atoms with Gasteiger partial charge in [-0.25, -0.2) is 0 Å². The van der Waals surface area contributed by atoms with E-state index in [1.165, 1.54) is 12.8 Å². The fourth-order valence-electron chi connectivity index (χ4n) is 2.68. The van der Waals surface area contributed by atoms with Crippen LogP contribution in [0.4, 0.5) is 0 Å². The molecular weight excluding hydrogens is 148 g/mol. The first kappa shape index (κ1) is 8.03. The van der Waals surface area contributed by atoms with E-state index in [-0.39, 0.29) is 5.41 Å². The third-order valence-electron chi connectivity index (χ3n) is 3.47. The van der Waals surface area contributed by atoms with E-state index in [0.29, 0.717) is 11.7 Å². The molecule has 0 aromatic rings. The predicted molar refractivity (Wildman–Crippen MR) is 48.8 cm³/mol. The minimum atomic E-state index is 0.0238. The topological polar surface area (TPSA) is 17.1 Å². The molecule has 0 aliphatic heterocycles. The van der Waals surface area contributed by atoms with Crippen LogP contribution in [0.25, 0.3) is 0 Å². The largest absolute Gasteiger partial charge is 0.299 e. The van der Waals surface area contributed by atoms with E-state index in [0.717, 1.165) is 19.3 Å². The third-order valence-corrected chi connectivity index (χ3v) is 3.47. The average molecular weight is 164 g/mol. The molecule has 0 saturated heterocycles. The lowest BCUT2D eigenvalue weighted by atomic mass is 9.61. The number of hydrogen-bond donors (Lipinski definition) is 0. The number of ketones is 1. The van der Waals surface area contributed by atoms with Gasteiger partial charge in [0.05, 0.1) is 5.41 Å². The fourth-order valence-corrected chi connectivity index (χ4v) is 2.68. The summed E-state index contributed by atoms with van der Waals surface area (Å²) < 4.78 is 0. The van der Waals surface area contributed by atoms with Gasteiger partial charge < -0.3 is 0 Å². The van der Waals surface area contributed by atoms with E-state index in [2.05, 4.69) is 19.1 Å². The zero-order valence-corrected chi connectivity index (χ0v) is 7.68. The summed E-state index contributed by atoms with van der Waals surface area (Å²) in [5.41, 5.74) is 0.0238. The zero-order valence-electron chi connectivity index (χ0n) is 7.68. The summed E-state index contributed by atoms with van der Waals surface area (Å²) in [5, 5.41) is 0. The Balaban J connectivity index is 2.16. The van der Waals surface area contributed by atoms with Crippen molar-refractivity contribution in [1.29, 1.82) is 0 Å². The molecule has 0 spiro atoms. The second-order valence-corrected chi connectivity index (χ2v) is 4.07. The second kappa shape index (κ2) is 2.72. The number of allylic oxidation sites excluding steroid dienone is 2. The average Bonchev–Trinajstić information content (AvgIpc) is 2.39. The van der Waals surface area contributed by atoms with Gasteiger partial charge in [-0.15, -0.1) is 0 Å². The number of fused-ring (bicyclic) bond motifs is 1. The van der Waals surface area contributed by atoms with Gasteiger partial charge in [0.25, 0.3) is 0 Å². The van der Waals surface area contributed by atoms with Crippen LogP contribution in [0.15, 0.2) is 12.2 Å². The standard InChI is InChI=1S/C11H16O/c1-2-3-6-11-7-4-5-9(11)8-10(11)12/h3,6,9H,2,4-5,7-8H2,1H3/b6-3+/t9-,11-/m0/s1. The fraction of sp³-hybridized carbons (Fsp3) is 0.727. The van der Waals surface area contributed by atoms with Crippen LogP contribution in [0.2, 0.25) is 0 Å². The van der Waals surface area contributed by atoms with Gasteiger partial charge in [-0.3, -0.25) is 4.79 Å². The van der Waals surface area contributed by atoms with Crippen molar-refractivity contribution in [3.05, 3.63) is 12.2 Å². The molecule has 0 radical (unpaired) electrons. The van der Waals surface area contributed by atoms with Crippen LogP contribution in [-0.4, -0.2) is 5.78 Å². The predicted octanol–water partition coefficient (Wildman–Crippen LogP) is 2.71. The summed E-state index contributed by atoms with van der Waals surface area (Å²) in [6.07, 6.45) is 9.92. The van der Waals surface area contributed by atoms with Gasteiger partial charge in [0.15, 0.2) is 0 Å². The molecule has 2 fully saturated rings. The van der Waals surface area contributed by atoms with Crippen molar-refractivity contribution in [3.8, 4) is 0 Å². The maximum absolute atomic E-state index is 11.5. The maximum Gasteiger partial charge on any atom is 0.143 e. The third kappa shape index (κ3) is 0.886. The summed E-state index contributed by atoms with van der Waals surface area (Å²) in [6, 6.07) is 0. The second-order valence-electron chi connectivity index (χ2n) is 4.07. The summed E-state index contributed by atoms with van der Waals surface area (Å²) in [4.78, 5) is 11.5. The van der Waals surface area contributed by atoms with Crippen LogP contribution in [0.1, 0.15) is 39.0 Å². The first-order valence-corrected chi connectivity index (χ1v) is 5.00. The highest BCUT2D eigenvalue weighted by Crippen LogP contribution is 2.55. The number of Topliss-reactive ketones (excluding diaryl/α,β-unsaturated/α-hetero) is 1. The molecule has 66 valence electrons. The smallest absolute Gasteiger partial charge is 0.143 e. The summed E-state index contributed by atoms with van der Waals surface area (Å²) in [6.45, 7) is 2.13. The molecule has 0 amide bonds. The molecule has 12 heavy (non-hydrogen) atoms. The molecule has 1 heteroatoms. The molecule has 2 atom stereocenters. The van der Waals surface area contributed by atoms with E-state index in [1.807, 2.05) is 0 Å². The molecule has 0 N–H and O–H groups in total. The van der Waals surface area contributed by atoms with Gasteiger partial charge in [0, 0.05) is 6.42 Å². The van der Waals surface area contributed by atoms with Crippen molar-refractivity contribution in [3.63, 3.8) is 0 Å². The van der Waals surface area contributed by atoms with Gasteiger partial charge in [0.1, 0.15) is 5.78 Å². The SMILES string of the molecule is CC/C=C/[C@]12CCC[C@H]1CC2=O. The van der Waals surface area contributed by atoms with Gasteiger partial charge in [-0.05, 0) is 25.2 Å². The first-order chi connectivity index (χ1) is 5.79. The quantitative estimate of drug-likeness (QED) is 0.573. The van der Waals surface area contributed by atoms with Crippen LogP contribution < -0.4 is 0 Å². The maximum atomic E-state index is 11.5. The Labute approximate surface area is 73.8 Å². The number of hydrogen-bond acceptors (Lipinski definition) is 1. The van der Waals surface area contributed by atoms with Crippen LogP contribution in [0.5, 0.6) is 0 Å². The summed E-state index contributed by atoms with van der Waals surface area (Å²) in [5.74, 6) is 1.20. The van der Waals surface area contributed by atoms with E-state index >= 15 is 0 Å². The lowest BCUT2D eigenvalue weighted by Crippen LogP contribution is -2.44. The van der Waals surface area contributed by atoms with Gasteiger partial charge in [-0.1, -0.05) is 25.5 Å².